The molecule has 2 aromatic carbocycles. The normalized spacial score (nSPS) is 15.6. The summed E-state index contributed by atoms with van der Waals surface area (Å²) in [5.41, 5.74) is 3.22. The van der Waals surface area contributed by atoms with E-state index in [9.17, 15) is 4.79 Å². The molecule has 1 aliphatic carbocycles. The second kappa shape index (κ2) is 10.0. The quantitative estimate of drug-likeness (QED) is 0.398. The van der Waals surface area contributed by atoms with E-state index in [1.807, 2.05) is 12.1 Å². The average Bonchev–Trinajstić information content (AvgIpc) is 3.70. The standard InChI is InChI=1S/C24H24Cl2N6O2/c25-16-3-8-20(21(13-16)30-23(33)15-1-2-15)29-22-19(26)14-27-24(31-22)28-17-4-6-18(7-5-17)32-9-11-34-12-10-32/h3-8,13-15H,1-2,9-12H2,(H,30,33)(H2,27,28,29,31). The Bertz CT molecular complexity index is 1180. The summed E-state index contributed by atoms with van der Waals surface area (Å²) in [4.78, 5) is 23.4. The van der Waals surface area contributed by atoms with Gasteiger partial charge in [0.05, 0.1) is 30.8 Å². The van der Waals surface area contributed by atoms with Crippen molar-refractivity contribution >= 4 is 63.6 Å². The first-order valence-corrected chi connectivity index (χ1v) is 11.9. The van der Waals surface area contributed by atoms with Gasteiger partial charge in [0.1, 0.15) is 5.02 Å². The van der Waals surface area contributed by atoms with Crippen molar-refractivity contribution in [2.75, 3.05) is 47.2 Å². The summed E-state index contributed by atoms with van der Waals surface area (Å²) in [6, 6.07) is 13.3. The number of nitrogens with zero attached hydrogens (tertiary/aromatic N) is 3. The summed E-state index contributed by atoms with van der Waals surface area (Å²) in [7, 11) is 0. The van der Waals surface area contributed by atoms with Gasteiger partial charge in [-0.3, -0.25) is 4.79 Å². The van der Waals surface area contributed by atoms with Gasteiger partial charge < -0.3 is 25.6 Å². The van der Waals surface area contributed by atoms with Gasteiger partial charge in [0.25, 0.3) is 0 Å². The van der Waals surface area contributed by atoms with Crippen molar-refractivity contribution in [3.63, 3.8) is 0 Å². The third-order valence-corrected chi connectivity index (χ3v) is 6.20. The zero-order valence-electron chi connectivity index (χ0n) is 18.4. The number of nitrogens with one attached hydrogen (secondary N) is 3. The number of rotatable bonds is 7. The number of ether oxygens (including phenoxy) is 1. The number of carbonyl (C=O) groups is 1. The highest BCUT2D eigenvalue weighted by molar-refractivity contribution is 6.33. The van der Waals surface area contributed by atoms with Crippen LogP contribution < -0.4 is 20.9 Å². The Morgan fingerprint density at radius 3 is 2.50 bits per heavy atom. The molecule has 8 nitrogen and oxygen atoms in total. The summed E-state index contributed by atoms with van der Waals surface area (Å²) in [5.74, 6) is 0.860. The minimum atomic E-state index is -0.0121. The van der Waals surface area contributed by atoms with E-state index in [1.165, 1.54) is 6.20 Å². The van der Waals surface area contributed by atoms with Gasteiger partial charge in [0.2, 0.25) is 11.9 Å². The van der Waals surface area contributed by atoms with E-state index in [0.717, 1.165) is 50.5 Å². The maximum atomic E-state index is 12.3. The Morgan fingerprint density at radius 2 is 1.76 bits per heavy atom. The maximum absolute atomic E-state index is 12.3. The number of carbonyl (C=O) groups excluding carboxylic acids is 1. The molecule has 0 bridgehead atoms. The number of hydrogen-bond acceptors (Lipinski definition) is 7. The summed E-state index contributed by atoms with van der Waals surface area (Å²) >= 11 is 12.5. The second-order valence-corrected chi connectivity index (χ2v) is 9.08. The number of halogens is 2. The van der Waals surface area contributed by atoms with Crippen molar-refractivity contribution < 1.29 is 9.53 Å². The monoisotopic (exact) mass is 498 g/mol. The van der Waals surface area contributed by atoms with E-state index in [1.54, 1.807) is 18.2 Å². The van der Waals surface area contributed by atoms with Gasteiger partial charge >= 0.3 is 0 Å². The van der Waals surface area contributed by atoms with Crippen LogP contribution in [0.15, 0.2) is 48.7 Å². The summed E-state index contributed by atoms with van der Waals surface area (Å²) in [5, 5.41) is 10.2. The van der Waals surface area contributed by atoms with E-state index < -0.39 is 0 Å². The van der Waals surface area contributed by atoms with Crippen molar-refractivity contribution in [2.24, 2.45) is 5.92 Å². The van der Waals surface area contributed by atoms with Crippen molar-refractivity contribution in [3.8, 4) is 0 Å². The third kappa shape index (κ3) is 5.52. The molecule has 3 N–H and O–H groups in total. The van der Waals surface area contributed by atoms with Crippen LogP contribution >= 0.6 is 23.2 Å². The first-order valence-electron chi connectivity index (χ1n) is 11.1. The van der Waals surface area contributed by atoms with E-state index in [2.05, 4.69) is 43.0 Å². The first kappa shape index (κ1) is 22.7. The zero-order valence-corrected chi connectivity index (χ0v) is 19.9. The van der Waals surface area contributed by atoms with Gasteiger partial charge in [-0.15, -0.1) is 0 Å². The lowest BCUT2D eigenvalue weighted by molar-refractivity contribution is -0.117. The number of morpholine rings is 1. The third-order valence-electron chi connectivity index (χ3n) is 5.68. The number of hydrogen-bond donors (Lipinski definition) is 3. The van der Waals surface area contributed by atoms with Crippen molar-refractivity contribution in [1.82, 2.24) is 9.97 Å². The van der Waals surface area contributed by atoms with Crippen LogP contribution in [0.4, 0.5) is 34.5 Å². The first-order chi connectivity index (χ1) is 16.5. The van der Waals surface area contributed by atoms with Crippen LogP contribution in [0.5, 0.6) is 0 Å². The minimum Gasteiger partial charge on any atom is -0.378 e. The van der Waals surface area contributed by atoms with E-state index >= 15 is 0 Å². The molecule has 0 radical (unpaired) electrons. The lowest BCUT2D eigenvalue weighted by atomic mass is 10.2. The summed E-state index contributed by atoms with van der Waals surface area (Å²) in [6.45, 7) is 3.26. The molecule has 2 heterocycles. The topological polar surface area (TPSA) is 91.4 Å². The molecule has 1 aromatic heterocycles. The molecule has 1 amide bonds. The lowest BCUT2D eigenvalue weighted by Gasteiger charge is -2.28. The molecule has 10 heteroatoms. The number of anilines is 6. The molecule has 34 heavy (non-hydrogen) atoms. The van der Waals surface area contributed by atoms with Crippen LogP contribution in [0.1, 0.15) is 12.8 Å². The van der Waals surface area contributed by atoms with Crippen molar-refractivity contribution in [3.05, 3.63) is 58.7 Å². The molecule has 1 saturated heterocycles. The summed E-state index contributed by atoms with van der Waals surface area (Å²) in [6.07, 6.45) is 3.35. The average molecular weight is 499 g/mol. The molecule has 1 aliphatic heterocycles. The van der Waals surface area contributed by atoms with Gasteiger partial charge in [-0.25, -0.2) is 4.98 Å². The predicted molar refractivity (Wildman–Crippen MR) is 136 cm³/mol. The van der Waals surface area contributed by atoms with Crippen LogP contribution in [-0.2, 0) is 9.53 Å². The molecule has 0 atom stereocenters. The van der Waals surface area contributed by atoms with Gasteiger partial charge in [-0.2, -0.15) is 4.98 Å². The molecule has 5 rings (SSSR count). The van der Waals surface area contributed by atoms with Crippen LogP contribution in [-0.4, -0.2) is 42.2 Å². The number of aromatic nitrogens is 2. The van der Waals surface area contributed by atoms with Gasteiger partial charge in [0.15, 0.2) is 5.82 Å². The Labute approximate surface area is 207 Å². The van der Waals surface area contributed by atoms with Crippen molar-refractivity contribution in [1.29, 1.82) is 0 Å². The highest BCUT2D eigenvalue weighted by Gasteiger charge is 2.30. The number of benzene rings is 2. The van der Waals surface area contributed by atoms with Crippen LogP contribution in [0.25, 0.3) is 0 Å². The van der Waals surface area contributed by atoms with E-state index in [4.69, 9.17) is 27.9 Å². The lowest BCUT2D eigenvalue weighted by Crippen LogP contribution is -2.36. The fraction of sp³-hybridized carbons (Fsp3) is 0.292. The van der Waals surface area contributed by atoms with Gasteiger partial charge in [-0.1, -0.05) is 23.2 Å². The van der Waals surface area contributed by atoms with Gasteiger partial charge in [-0.05, 0) is 55.3 Å². The molecule has 2 fully saturated rings. The molecule has 176 valence electrons. The maximum Gasteiger partial charge on any atom is 0.229 e. The molecule has 1 saturated carbocycles. The van der Waals surface area contributed by atoms with E-state index in [-0.39, 0.29) is 11.8 Å². The Balaban J connectivity index is 1.31. The molecule has 3 aromatic rings. The minimum absolute atomic E-state index is 0.0121. The van der Waals surface area contributed by atoms with Crippen molar-refractivity contribution in [2.45, 2.75) is 12.8 Å². The van der Waals surface area contributed by atoms with E-state index in [0.29, 0.717) is 33.2 Å². The Morgan fingerprint density at radius 1 is 1.00 bits per heavy atom. The Hall–Kier alpha value is -3.07. The molecular formula is C24H24Cl2N6O2. The molecular weight excluding hydrogens is 475 g/mol. The molecule has 0 spiro atoms. The van der Waals surface area contributed by atoms with Crippen LogP contribution in [0.3, 0.4) is 0 Å². The smallest absolute Gasteiger partial charge is 0.229 e. The van der Waals surface area contributed by atoms with Crippen LogP contribution in [0.2, 0.25) is 10.0 Å². The Kier molecular flexibility index (Phi) is 6.71. The predicted octanol–water partition coefficient (Wildman–Crippen LogP) is 5.46. The van der Waals surface area contributed by atoms with Crippen LogP contribution in [0, 0.1) is 5.92 Å². The highest BCUT2D eigenvalue weighted by Crippen LogP contribution is 2.34. The fourth-order valence-corrected chi connectivity index (χ4v) is 3.97. The van der Waals surface area contributed by atoms with Gasteiger partial charge in [0, 0.05) is 35.4 Å². The zero-order chi connectivity index (χ0) is 23.5. The summed E-state index contributed by atoms with van der Waals surface area (Å²) < 4.78 is 5.42. The molecule has 2 aliphatic rings. The largest absolute Gasteiger partial charge is 0.378 e. The fourth-order valence-electron chi connectivity index (χ4n) is 3.66. The second-order valence-electron chi connectivity index (χ2n) is 8.24. The molecule has 0 unspecified atom stereocenters. The SMILES string of the molecule is O=C(Nc1cc(Cl)ccc1Nc1nc(Nc2ccc(N3CCOCC3)cc2)ncc1Cl)C1CC1. The highest BCUT2D eigenvalue weighted by atomic mass is 35.5. The number of amides is 1.